The van der Waals surface area contributed by atoms with Gasteiger partial charge in [0.25, 0.3) is 0 Å². The number of carbonyl (C=O) groups excluding carboxylic acids is 1. The number of benzene rings is 2. The third-order valence-corrected chi connectivity index (χ3v) is 5.30. The van der Waals surface area contributed by atoms with Gasteiger partial charge in [-0.25, -0.2) is 9.59 Å². The van der Waals surface area contributed by atoms with Crippen LogP contribution in [0.4, 0.5) is 10.5 Å². The van der Waals surface area contributed by atoms with Crippen LogP contribution >= 0.6 is 0 Å². The normalized spacial score (nSPS) is 12.0. The Morgan fingerprint density at radius 3 is 2.48 bits per heavy atom. The first kappa shape index (κ1) is 20.3. The van der Waals surface area contributed by atoms with Gasteiger partial charge >= 0.3 is 12.0 Å². The van der Waals surface area contributed by atoms with Crippen molar-refractivity contribution < 1.29 is 14.7 Å². The number of para-hydroxylation sites is 2. The van der Waals surface area contributed by atoms with Crippen LogP contribution in [0.2, 0.25) is 0 Å². The van der Waals surface area contributed by atoms with Gasteiger partial charge in [-0.05, 0) is 42.0 Å². The van der Waals surface area contributed by atoms with E-state index in [2.05, 4.69) is 19.2 Å². The highest BCUT2D eigenvalue weighted by Crippen LogP contribution is 2.30. The van der Waals surface area contributed by atoms with Gasteiger partial charge in [0.05, 0.1) is 5.52 Å². The number of aryl methyl sites for hydroxylation is 1. The van der Waals surface area contributed by atoms with E-state index in [1.54, 1.807) is 18.2 Å². The quantitative estimate of drug-likeness (QED) is 0.649. The van der Waals surface area contributed by atoms with Crippen LogP contribution in [0, 0.1) is 0 Å². The second-order valence-corrected chi connectivity index (χ2v) is 7.04. The number of pyridine rings is 1. The Morgan fingerprint density at radius 2 is 1.83 bits per heavy atom. The van der Waals surface area contributed by atoms with Crippen LogP contribution in [-0.4, -0.2) is 21.7 Å². The van der Waals surface area contributed by atoms with Crippen molar-refractivity contribution in [1.29, 1.82) is 0 Å². The fourth-order valence-electron chi connectivity index (χ4n) is 3.46. The molecule has 0 aliphatic heterocycles. The Labute approximate surface area is 168 Å². The van der Waals surface area contributed by atoms with Crippen molar-refractivity contribution in [1.82, 2.24) is 4.57 Å². The standard InChI is InChI=1S/C23H24N2O4/c1-4-14(3)16-11-8-9-15(5-2)20(16)24-23(29)25-13-18(22(27)28)21(26)17-10-6-7-12-19(17)25/h6-14H,4-5H2,1-3H3,(H,24,29)(H,27,28). The SMILES string of the molecule is CCc1cccc(C(C)CC)c1NC(=O)n1cc(C(=O)O)c(=O)c2ccccc21. The van der Waals surface area contributed by atoms with Gasteiger partial charge in [0.2, 0.25) is 5.43 Å². The van der Waals surface area contributed by atoms with E-state index in [4.69, 9.17) is 0 Å². The van der Waals surface area contributed by atoms with E-state index in [9.17, 15) is 19.5 Å². The fourth-order valence-corrected chi connectivity index (χ4v) is 3.46. The second-order valence-electron chi connectivity index (χ2n) is 7.04. The predicted molar refractivity (Wildman–Crippen MR) is 114 cm³/mol. The molecule has 1 atom stereocenters. The van der Waals surface area contributed by atoms with Crippen LogP contribution in [0.25, 0.3) is 10.9 Å². The van der Waals surface area contributed by atoms with E-state index >= 15 is 0 Å². The highest BCUT2D eigenvalue weighted by Gasteiger charge is 2.20. The third kappa shape index (κ3) is 3.78. The van der Waals surface area contributed by atoms with E-state index in [1.165, 1.54) is 10.6 Å². The zero-order valence-electron chi connectivity index (χ0n) is 16.7. The molecule has 0 aliphatic carbocycles. The topological polar surface area (TPSA) is 88.4 Å². The number of aromatic carboxylic acids is 1. The van der Waals surface area contributed by atoms with Gasteiger partial charge in [-0.2, -0.15) is 0 Å². The van der Waals surface area contributed by atoms with Crippen molar-refractivity contribution in [3.8, 4) is 0 Å². The van der Waals surface area contributed by atoms with Crippen molar-refractivity contribution in [2.45, 2.75) is 39.5 Å². The Balaban J connectivity index is 2.17. The number of carboxylic acid groups (broad SMARTS) is 1. The van der Waals surface area contributed by atoms with Crippen molar-refractivity contribution in [2.24, 2.45) is 0 Å². The molecule has 2 aromatic carbocycles. The van der Waals surface area contributed by atoms with Crippen LogP contribution in [-0.2, 0) is 6.42 Å². The molecule has 0 saturated carbocycles. The Bertz CT molecular complexity index is 1150. The summed E-state index contributed by atoms with van der Waals surface area (Å²) in [6.07, 6.45) is 2.76. The molecule has 1 unspecified atom stereocenters. The highest BCUT2D eigenvalue weighted by atomic mass is 16.4. The van der Waals surface area contributed by atoms with Crippen molar-refractivity contribution >= 4 is 28.6 Å². The molecular weight excluding hydrogens is 368 g/mol. The number of rotatable bonds is 5. The second kappa shape index (κ2) is 8.31. The lowest BCUT2D eigenvalue weighted by atomic mass is 9.93. The number of aromatic nitrogens is 1. The molecule has 0 spiro atoms. The number of fused-ring (bicyclic) bond motifs is 1. The smallest absolute Gasteiger partial charge is 0.341 e. The summed E-state index contributed by atoms with van der Waals surface area (Å²) >= 11 is 0. The van der Waals surface area contributed by atoms with Crippen molar-refractivity contribution in [2.75, 3.05) is 5.32 Å². The fraction of sp³-hybridized carbons (Fsp3) is 0.261. The molecule has 3 aromatic rings. The summed E-state index contributed by atoms with van der Waals surface area (Å²) < 4.78 is 1.20. The van der Waals surface area contributed by atoms with Crippen molar-refractivity contribution in [3.05, 3.63) is 75.6 Å². The van der Waals surface area contributed by atoms with Crippen LogP contribution in [0.5, 0.6) is 0 Å². The van der Waals surface area contributed by atoms with Gasteiger partial charge in [-0.3, -0.25) is 9.36 Å². The van der Waals surface area contributed by atoms with E-state index in [0.29, 0.717) is 5.52 Å². The van der Waals surface area contributed by atoms with E-state index in [-0.39, 0.29) is 11.3 Å². The molecule has 0 bridgehead atoms. The molecule has 3 rings (SSSR count). The van der Waals surface area contributed by atoms with Crippen LogP contribution < -0.4 is 10.7 Å². The summed E-state index contributed by atoms with van der Waals surface area (Å²) in [6, 6.07) is 11.9. The molecule has 0 fully saturated rings. The van der Waals surface area contributed by atoms with Gasteiger partial charge in [0, 0.05) is 17.3 Å². The Kier molecular flexibility index (Phi) is 5.82. The predicted octanol–water partition coefficient (Wildman–Crippen LogP) is 4.86. The van der Waals surface area contributed by atoms with Crippen molar-refractivity contribution in [3.63, 3.8) is 0 Å². The minimum Gasteiger partial charge on any atom is -0.477 e. The molecule has 6 heteroatoms. The van der Waals surface area contributed by atoms with Gasteiger partial charge in [0.15, 0.2) is 0 Å². The summed E-state index contributed by atoms with van der Waals surface area (Å²) in [5.74, 6) is -1.12. The maximum atomic E-state index is 13.2. The van der Waals surface area contributed by atoms with Crippen LogP contribution in [0.3, 0.4) is 0 Å². The summed E-state index contributed by atoms with van der Waals surface area (Å²) in [7, 11) is 0. The van der Waals surface area contributed by atoms with E-state index in [0.717, 1.165) is 35.9 Å². The first-order valence-corrected chi connectivity index (χ1v) is 9.69. The highest BCUT2D eigenvalue weighted by molar-refractivity contribution is 6.01. The minimum absolute atomic E-state index is 0.188. The molecule has 0 aliphatic rings. The number of carbonyl (C=O) groups is 2. The molecular formula is C23H24N2O4. The number of hydrogen-bond donors (Lipinski definition) is 2. The average Bonchev–Trinajstić information content (AvgIpc) is 2.73. The first-order chi connectivity index (χ1) is 13.9. The van der Waals surface area contributed by atoms with Crippen LogP contribution in [0.1, 0.15) is 54.6 Å². The molecule has 1 amide bonds. The number of amides is 1. The molecule has 1 heterocycles. The maximum absolute atomic E-state index is 13.2. The van der Waals surface area contributed by atoms with Gasteiger partial charge in [0.1, 0.15) is 5.56 Å². The summed E-state index contributed by atoms with van der Waals surface area (Å²) in [5.41, 5.74) is 2.09. The monoisotopic (exact) mass is 392 g/mol. The average molecular weight is 392 g/mol. The van der Waals surface area contributed by atoms with Crippen LogP contribution in [0.15, 0.2) is 53.5 Å². The number of hydrogen-bond acceptors (Lipinski definition) is 3. The minimum atomic E-state index is -1.36. The van der Waals surface area contributed by atoms with Gasteiger partial charge in [-0.15, -0.1) is 0 Å². The maximum Gasteiger partial charge on any atom is 0.341 e. The molecule has 1 aromatic heterocycles. The molecule has 2 N–H and O–H groups in total. The largest absolute Gasteiger partial charge is 0.477 e. The summed E-state index contributed by atoms with van der Waals surface area (Å²) in [6.45, 7) is 6.20. The number of nitrogens with one attached hydrogen (secondary N) is 1. The number of nitrogens with zero attached hydrogens (tertiary/aromatic N) is 1. The zero-order chi connectivity index (χ0) is 21.1. The number of carboxylic acids is 1. The summed E-state index contributed by atoms with van der Waals surface area (Å²) in [5, 5.41) is 12.6. The van der Waals surface area contributed by atoms with Gasteiger partial charge < -0.3 is 10.4 Å². The van der Waals surface area contributed by atoms with Gasteiger partial charge in [-0.1, -0.05) is 51.1 Å². The lowest BCUT2D eigenvalue weighted by Crippen LogP contribution is -2.26. The Hall–Kier alpha value is -3.41. The molecule has 150 valence electrons. The number of anilines is 1. The van der Waals surface area contributed by atoms with E-state index < -0.39 is 23.0 Å². The molecule has 0 radical (unpaired) electrons. The molecule has 6 nitrogen and oxygen atoms in total. The molecule has 29 heavy (non-hydrogen) atoms. The third-order valence-electron chi connectivity index (χ3n) is 5.30. The lowest BCUT2D eigenvalue weighted by Gasteiger charge is -2.20. The molecule has 0 saturated heterocycles. The zero-order valence-corrected chi connectivity index (χ0v) is 16.7. The first-order valence-electron chi connectivity index (χ1n) is 9.69. The Morgan fingerprint density at radius 1 is 1.10 bits per heavy atom. The van der Waals surface area contributed by atoms with E-state index in [1.807, 2.05) is 25.1 Å². The summed E-state index contributed by atoms with van der Waals surface area (Å²) in [4.78, 5) is 37.2. The lowest BCUT2D eigenvalue weighted by molar-refractivity contribution is 0.0695.